The first-order valence-corrected chi connectivity index (χ1v) is 7.56. The predicted molar refractivity (Wildman–Crippen MR) is 85.2 cm³/mol. The van der Waals surface area contributed by atoms with Crippen LogP contribution in [0.2, 0.25) is 5.15 Å². The third-order valence-corrected chi connectivity index (χ3v) is 3.88. The molecule has 0 amide bonds. The van der Waals surface area contributed by atoms with Gasteiger partial charge in [-0.2, -0.15) is 0 Å². The molecular formula is C16H19ClN2O2. The Bertz CT molecular complexity index is 719. The van der Waals surface area contributed by atoms with E-state index in [-0.39, 0.29) is 16.8 Å². The second-order valence-electron chi connectivity index (χ2n) is 4.98. The van der Waals surface area contributed by atoms with Crippen LogP contribution >= 0.6 is 11.6 Å². The van der Waals surface area contributed by atoms with Gasteiger partial charge in [-0.3, -0.25) is 14.3 Å². The number of rotatable bonds is 5. The molecule has 0 aliphatic rings. The summed E-state index contributed by atoms with van der Waals surface area (Å²) < 4.78 is 1.28. The molecule has 5 heteroatoms. The van der Waals surface area contributed by atoms with Gasteiger partial charge < -0.3 is 0 Å². The zero-order valence-corrected chi connectivity index (χ0v) is 13.0. The molecule has 0 fully saturated rings. The molecule has 1 unspecified atom stereocenters. The molecule has 0 bridgehead atoms. The molecular weight excluding hydrogens is 288 g/mol. The highest BCUT2D eigenvalue weighted by atomic mass is 35.5. The van der Waals surface area contributed by atoms with Crippen molar-refractivity contribution in [2.45, 2.75) is 39.2 Å². The van der Waals surface area contributed by atoms with Crippen LogP contribution in [0.15, 0.2) is 39.9 Å². The van der Waals surface area contributed by atoms with Crippen molar-refractivity contribution in [1.82, 2.24) is 9.55 Å². The van der Waals surface area contributed by atoms with Gasteiger partial charge in [-0.25, -0.2) is 4.79 Å². The molecule has 2 rings (SSSR count). The second kappa shape index (κ2) is 6.76. The zero-order chi connectivity index (χ0) is 15.4. The van der Waals surface area contributed by atoms with Gasteiger partial charge >= 0.3 is 5.69 Å². The summed E-state index contributed by atoms with van der Waals surface area (Å²) in [6.45, 7) is 3.93. The van der Waals surface area contributed by atoms with Crippen molar-refractivity contribution < 1.29 is 0 Å². The van der Waals surface area contributed by atoms with Crippen molar-refractivity contribution in [3.8, 4) is 0 Å². The summed E-state index contributed by atoms with van der Waals surface area (Å²) in [5.41, 5.74) is 0.673. The predicted octanol–water partition coefficient (Wildman–Crippen LogP) is 3.14. The van der Waals surface area contributed by atoms with E-state index in [1.807, 2.05) is 44.2 Å². The number of hydrogen-bond donors (Lipinski definition) is 1. The fourth-order valence-electron chi connectivity index (χ4n) is 2.55. The number of H-pyrrole nitrogens is 1. The average molecular weight is 307 g/mol. The van der Waals surface area contributed by atoms with Crippen LogP contribution in [0.3, 0.4) is 0 Å². The minimum Gasteiger partial charge on any atom is -0.297 e. The van der Waals surface area contributed by atoms with E-state index in [4.69, 9.17) is 11.6 Å². The third-order valence-electron chi connectivity index (χ3n) is 3.56. The van der Waals surface area contributed by atoms with E-state index >= 15 is 0 Å². The number of halogens is 1. The molecule has 0 aliphatic heterocycles. The van der Waals surface area contributed by atoms with Crippen LogP contribution < -0.4 is 11.2 Å². The highest BCUT2D eigenvalue weighted by Gasteiger charge is 2.19. The summed E-state index contributed by atoms with van der Waals surface area (Å²) in [6.07, 6.45) is 2.00. The second-order valence-corrected chi connectivity index (χ2v) is 5.36. The van der Waals surface area contributed by atoms with Crippen LogP contribution in [-0.4, -0.2) is 9.55 Å². The number of benzene rings is 1. The molecule has 21 heavy (non-hydrogen) atoms. The first-order chi connectivity index (χ1) is 10.1. The Morgan fingerprint density at radius 1 is 1.19 bits per heavy atom. The maximum atomic E-state index is 12.6. The van der Waals surface area contributed by atoms with Crippen LogP contribution in [0.1, 0.15) is 43.9 Å². The molecule has 1 N–H and O–H groups in total. The van der Waals surface area contributed by atoms with Gasteiger partial charge in [-0.15, -0.1) is 0 Å². The Hall–Kier alpha value is -1.81. The summed E-state index contributed by atoms with van der Waals surface area (Å²) >= 11 is 6.01. The molecule has 4 nitrogen and oxygen atoms in total. The number of aromatic nitrogens is 2. The summed E-state index contributed by atoms with van der Waals surface area (Å²) in [5, 5.41) is 0.158. The summed E-state index contributed by atoms with van der Waals surface area (Å²) in [7, 11) is 0. The standard InChI is InChI=1S/C16H19ClN2O2/c1-3-8-12-14(17)18-16(21)19(15(12)20)13(4-2)11-9-6-5-7-10-11/h5-7,9-10,13H,3-4,8H2,1-2H3,(H,18,21). The van der Waals surface area contributed by atoms with Gasteiger partial charge in [0.25, 0.3) is 5.56 Å². The van der Waals surface area contributed by atoms with E-state index in [0.717, 1.165) is 12.0 Å². The van der Waals surface area contributed by atoms with Gasteiger partial charge in [0, 0.05) is 0 Å². The zero-order valence-electron chi connectivity index (χ0n) is 12.2. The minimum absolute atomic E-state index is 0.158. The molecule has 0 saturated heterocycles. The quantitative estimate of drug-likeness (QED) is 0.863. The lowest BCUT2D eigenvalue weighted by atomic mass is 10.0. The maximum Gasteiger partial charge on any atom is 0.330 e. The van der Waals surface area contributed by atoms with Gasteiger partial charge in [0.1, 0.15) is 5.15 Å². The molecule has 1 aromatic carbocycles. The Morgan fingerprint density at radius 3 is 2.43 bits per heavy atom. The van der Waals surface area contributed by atoms with Crippen LogP contribution in [-0.2, 0) is 6.42 Å². The van der Waals surface area contributed by atoms with E-state index in [2.05, 4.69) is 4.98 Å². The highest BCUT2D eigenvalue weighted by Crippen LogP contribution is 2.19. The maximum absolute atomic E-state index is 12.6. The topological polar surface area (TPSA) is 54.9 Å². The molecule has 0 spiro atoms. The Labute approximate surface area is 128 Å². The fraction of sp³-hybridized carbons (Fsp3) is 0.375. The molecule has 2 aromatic rings. The van der Waals surface area contributed by atoms with Crippen LogP contribution in [0.4, 0.5) is 0 Å². The SMILES string of the molecule is CCCc1c(Cl)[nH]c(=O)n(C(CC)c2ccccc2)c1=O. The Kier molecular flexibility index (Phi) is 5.02. The van der Waals surface area contributed by atoms with Crippen LogP contribution in [0.5, 0.6) is 0 Å². The molecule has 1 heterocycles. The van der Waals surface area contributed by atoms with Crippen LogP contribution in [0.25, 0.3) is 0 Å². The molecule has 0 aliphatic carbocycles. The van der Waals surface area contributed by atoms with Gasteiger partial charge in [0.2, 0.25) is 0 Å². The van der Waals surface area contributed by atoms with Gasteiger partial charge in [0.05, 0.1) is 11.6 Å². The molecule has 1 atom stereocenters. The number of nitrogens with zero attached hydrogens (tertiary/aromatic N) is 1. The minimum atomic E-state index is -0.458. The molecule has 112 valence electrons. The van der Waals surface area contributed by atoms with Gasteiger partial charge in [0.15, 0.2) is 0 Å². The Balaban J connectivity index is 2.65. The van der Waals surface area contributed by atoms with Crippen molar-refractivity contribution in [3.05, 3.63) is 67.4 Å². The molecule has 1 aromatic heterocycles. The van der Waals surface area contributed by atoms with Gasteiger partial charge in [-0.05, 0) is 18.4 Å². The number of nitrogens with one attached hydrogen (secondary N) is 1. The number of aromatic amines is 1. The summed E-state index contributed by atoms with van der Waals surface area (Å²) in [6, 6.07) is 9.28. The lowest BCUT2D eigenvalue weighted by Crippen LogP contribution is -2.40. The van der Waals surface area contributed by atoms with E-state index in [0.29, 0.717) is 18.4 Å². The first-order valence-electron chi connectivity index (χ1n) is 7.18. The van der Waals surface area contributed by atoms with E-state index in [1.54, 1.807) is 0 Å². The van der Waals surface area contributed by atoms with Crippen molar-refractivity contribution in [1.29, 1.82) is 0 Å². The monoisotopic (exact) mass is 306 g/mol. The van der Waals surface area contributed by atoms with Crippen LogP contribution in [0, 0.1) is 0 Å². The number of hydrogen-bond acceptors (Lipinski definition) is 2. The smallest absolute Gasteiger partial charge is 0.297 e. The highest BCUT2D eigenvalue weighted by molar-refractivity contribution is 6.30. The van der Waals surface area contributed by atoms with E-state index in [9.17, 15) is 9.59 Å². The third kappa shape index (κ3) is 3.10. The van der Waals surface area contributed by atoms with Crippen molar-refractivity contribution in [3.63, 3.8) is 0 Å². The van der Waals surface area contributed by atoms with E-state index in [1.165, 1.54) is 4.57 Å². The van der Waals surface area contributed by atoms with E-state index < -0.39 is 5.69 Å². The molecule has 0 radical (unpaired) electrons. The largest absolute Gasteiger partial charge is 0.330 e. The fourth-order valence-corrected chi connectivity index (χ4v) is 2.81. The van der Waals surface area contributed by atoms with Gasteiger partial charge in [-0.1, -0.05) is 62.2 Å². The van der Waals surface area contributed by atoms with Crippen molar-refractivity contribution in [2.24, 2.45) is 0 Å². The van der Waals surface area contributed by atoms with Crippen molar-refractivity contribution >= 4 is 11.6 Å². The normalized spacial score (nSPS) is 12.3. The summed E-state index contributed by atoms with van der Waals surface area (Å²) in [4.78, 5) is 27.4. The average Bonchev–Trinajstić information content (AvgIpc) is 2.48. The summed E-state index contributed by atoms with van der Waals surface area (Å²) in [5.74, 6) is 0. The first kappa shape index (κ1) is 15.6. The lowest BCUT2D eigenvalue weighted by molar-refractivity contribution is 0.516. The Morgan fingerprint density at radius 2 is 1.86 bits per heavy atom. The lowest BCUT2D eigenvalue weighted by Gasteiger charge is -2.18. The molecule has 0 saturated carbocycles. The van der Waals surface area contributed by atoms with Crippen molar-refractivity contribution in [2.75, 3.05) is 0 Å².